The molecule has 2 aromatic rings. The number of carbonyl (C=O) groups is 1. The number of rotatable bonds is 3. The molecular weight excluding hydrogens is 256 g/mol. The number of hydrogen-bond acceptors (Lipinski definition) is 4. The number of ether oxygens (including phenoxy) is 1. The van der Waals surface area contributed by atoms with E-state index in [0.29, 0.717) is 0 Å². The highest BCUT2D eigenvalue weighted by Gasteiger charge is 2.23. The van der Waals surface area contributed by atoms with Gasteiger partial charge in [0.25, 0.3) is 0 Å². The van der Waals surface area contributed by atoms with Crippen molar-refractivity contribution in [2.24, 2.45) is 0 Å². The number of anilines is 1. The normalized spacial score (nSPS) is 13.9. The zero-order chi connectivity index (χ0) is 13.9. The van der Waals surface area contributed by atoms with Crippen LogP contribution < -0.4 is 9.64 Å². The molecule has 0 atom stereocenters. The van der Waals surface area contributed by atoms with Crippen LogP contribution in [0.4, 0.5) is 5.69 Å². The number of nitrogens with zero attached hydrogens (tertiary/aromatic N) is 4. The molecule has 6 heteroatoms. The first-order chi connectivity index (χ1) is 9.78. The first-order valence-corrected chi connectivity index (χ1v) is 6.57. The number of benzene rings is 1. The molecule has 0 spiro atoms. The van der Waals surface area contributed by atoms with Crippen LogP contribution in [0.2, 0.25) is 0 Å². The smallest absolute Gasteiger partial charge is 0.248 e. The highest BCUT2D eigenvalue weighted by molar-refractivity contribution is 5.94. The van der Waals surface area contributed by atoms with Gasteiger partial charge in [-0.1, -0.05) is 0 Å². The highest BCUT2D eigenvalue weighted by atomic mass is 16.5. The SMILES string of the molecule is COc1ccc2c(c1)CCCN2C(=O)Cn1cncn1. The molecule has 1 amide bonds. The van der Waals surface area contributed by atoms with Crippen LogP contribution in [0.3, 0.4) is 0 Å². The molecule has 1 aromatic carbocycles. The van der Waals surface area contributed by atoms with E-state index in [0.717, 1.165) is 36.4 Å². The van der Waals surface area contributed by atoms with Crippen LogP contribution in [0.1, 0.15) is 12.0 Å². The van der Waals surface area contributed by atoms with Crippen molar-refractivity contribution in [3.05, 3.63) is 36.4 Å². The lowest BCUT2D eigenvalue weighted by Gasteiger charge is -2.29. The Kier molecular flexibility index (Phi) is 3.37. The van der Waals surface area contributed by atoms with Crippen molar-refractivity contribution in [1.29, 1.82) is 0 Å². The lowest BCUT2D eigenvalue weighted by atomic mass is 10.0. The van der Waals surface area contributed by atoms with Crippen molar-refractivity contribution >= 4 is 11.6 Å². The number of aryl methyl sites for hydroxylation is 1. The molecule has 20 heavy (non-hydrogen) atoms. The maximum Gasteiger partial charge on any atom is 0.248 e. The number of aromatic nitrogens is 3. The third kappa shape index (κ3) is 2.36. The van der Waals surface area contributed by atoms with Crippen molar-refractivity contribution in [2.45, 2.75) is 19.4 Å². The zero-order valence-corrected chi connectivity index (χ0v) is 11.3. The second kappa shape index (κ2) is 5.32. The fraction of sp³-hybridized carbons (Fsp3) is 0.357. The summed E-state index contributed by atoms with van der Waals surface area (Å²) >= 11 is 0. The van der Waals surface area contributed by atoms with Crippen molar-refractivity contribution in [3.8, 4) is 5.75 Å². The molecule has 104 valence electrons. The van der Waals surface area contributed by atoms with Crippen LogP contribution in [0.15, 0.2) is 30.9 Å². The van der Waals surface area contributed by atoms with Gasteiger partial charge in [0.2, 0.25) is 5.91 Å². The van der Waals surface area contributed by atoms with E-state index in [2.05, 4.69) is 10.1 Å². The third-order valence-corrected chi connectivity index (χ3v) is 3.47. The predicted molar refractivity (Wildman–Crippen MR) is 73.7 cm³/mol. The van der Waals surface area contributed by atoms with Gasteiger partial charge in [-0.15, -0.1) is 0 Å². The molecular formula is C14H16N4O2. The molecule has 1 aliphatic rings. The van der Waals surface area contributed by atoms with Gasteiger partial charge >= 0.3 is 0 Å². The number of fused-ring (bicyclic) bond motifs is 1. The van der Waals surface area contributed by atoms with Crippen LogP contribution in [0, 0.1) is 0 Å². The largest absolute Gasteiger partial charge is 0.497 e. The molecule has 0 aliphatic carbocycles. The maximum absolute atomic E-state index is 12.4. The average Bonchev–Trinajstić information content (AvgIpc) is 2.98. The van der Waals surface area contributed by atoms with Crippen molar-refractivity contribution in [1.82, 2.24) is 14.8 Å². The quantitative estimate of drug-likeness (QED) is 0.844. The lowest BCUT2D eigenvalue weighted by Crippen LogP contribution is -2.37. The Balaban J connectivity index is 1.84. The molecule has 1 aliphatic heterocycles. The summed E-state index contributed by atoms with van der Waals surface area (Å²) in [7, 11) is 1.65. The fourth-order valence-corrected chi connectivity index (χ4v) is 2.50. The first-order valence-electron chi connectivity index (χ1n) is 6.57. The molecule has 0 radical (unpaired) electrons. The molecule has 6 nitrogen and oxygen atoms in total. The second-order valence-corrected chi connectivity index (χ2v) is 4.74. The zero-order valence-electron chi connectivity index (χ0n) is 11.3. The van der Waals surface area contributed by atoms with Gasteiger partial charge < -0.3 is 9.64 Å². The predicted octanol–water partition coefficient (Wildman–Crippen LogP) is 1.27. The number of amides is 1. The van der Waals surface area contributed by atoms with E-state index in [9.17, 15) is 4.79 Å². The highest BCUT2D eigenvalue weighted by Crippen LogP contribution is 2.30. The molecule has 0 unspecified atom stereocenters. The van der Waals surface area contributed by atoms with E-state index in [1.54, 1.807) is 18.1 Å². The number of methoxy groups -OCH3 is 1. The summed E-state index contributed by atoms with van der Waals surface area (Å²) in [5.41, 5.74) is 2.13. The first kappa shape index (κ1) is 12.7. The standard InChI is InChI=1S/C14H16N4O2/c1-20-12-4-5-13-11(7-12)3-2-6-18(13)14(19)8-17-10-15-9-16-17/h4-5,7,9-10H,2-3,6,8H2,1H3. The monoisotopic (exact) mass is 272 g/mol. The Labute approximate surface area is 117 Å². The van der Waals surface area contributed by atoms with Gasteiger partial charge in [-0.25, -0.2) is 9.67 Å². The van der Waals surface area contributed by atoms with Crippen LogP contribution in [0.5, 0.6) is 5.75 Å². The summed E-state index contributed by atoms with van der Waals surface area (Å²) in [6.07, 6.45) is 4.92. The van der Waals surface area contributed by atoms with E-state index < -0.39 is 0 Å². The average molecular weight is 272 g/mol. The van der Waals surface area contributed by atoms with E-state index in [1.807, 2.05) is 23.1 Å². The molecule has 0 N–H and O–H groups in total. The summed E-state index contributed by atoms with van der Waals surface area (Å²) in [6, 6.07) is 5.84. The second-order valence-electron chi connectivity index (χ2n) is 4.74. The van der Waals surface area contributed by atoms with Gasteiger partial charge in [0.05, 0.1) is 7.11 Å². The molecule has 0 saturated carbocycles. The Bertz CT molecular complexity index is 610. The van der Waals surface area contributed by atoms with Crippen LogP contribution >= 0.6 is 0 Å². The van der Waals surface area contributed by atoms with E-state index in [4.69, 9.17) is 4.74 Å². The van der Waals surface area contributed by atoms with E-state index >= 15 is 0 Å². The van der Waals surface area contributed by atoms with E-state index in [-0.39, 0.29) is 12.5 Å². The van der Waals surface area contributed by atoms with Gasteiger partial charge in [-0.3, -0.25) is 4.79 Å². The van der Waals surface area contributed by atoms with Gasteiger partial charge in [-0.05, 0) is 36.6 Å². The molecule has 2 heterocycles. The molecule has 3 rings (SSSR count). The summed E-state index contributed by atoms with van der Waals surface area (Å²) < 4.78 is 6.78. The van der Waals surface area contributed by atoms with Crippen molar-refractivity contribution in [2.75, 3.05) is 18.6 Å². The Hall–Kier alpha value is -2.37. The number of hydrogen-bond donors (Lipinski definition) is 0. The minimum atomic E-state index is 0.0293. The van der Waals surface area contributed by atoms with Gasteiger partial charge in [0.15, 0.2) is 0 Å². The fourth-order valence-electron chi connectivity index (χ4n) is 2.50. The summed E-state index contributed by atoms with van der Waals surface area (Å²) in [6.45, 7) is 0.957. The van der Waals surface area contributed by atoms with Gasteiger partial charge in [0, 0.05) is 12.2 Å². The molecule has 0 bridgehead atoms. The Morgan fingerprint density at radius 3 is 3.10 bits per heavy atom. The summed E-state index contributed by atoms with van der Waals surface area (Å²) in [4.78, 5) is 18.1. The lowest BCUT2D eigenvalue weighted by molar-refractivity contribution is -0.119. The minimum absolute atomic E-state index is 0.0293. The van der Waals surface area contributed by atoms with Crippen molar-refractivity contribution < 1.29 is 9.53 Å². The summed E-state index contributed by atoms with van der Waals surface area (Å²) in [5.74, 6) is 0.857. The van der Waals surface area contributed by atoms with E-state index in [1.165, 1.54) is 6.33 Å². The third-order valence-electron chi connectivity index (χ3n) is 3.47. The van der Waals surface area contributed by atoms with Crippen molar-refractivity contribution in [3.63, 3.8) is 0 Å². The topological polar surface area (TPSA) is 60.2 Å². The Morgan fingerprint density at radius 1 is 1.45 bits per heavy atom. The van der Waals surface area contributed by atoms with Crippen LogP contribution in [-0.2, 0) is 17.8 Å². The molecule has 0 fully saturated rings. The molecule has 1 aromatic heterocycles. The van der Waals surface area contributed by atoms with Gasteiger partial charge in [-0.2, -0.15) is 5.10 Å². The minimum Gasteiger partial charge on any atom is -0.497 e. The number of carbonyl (C=O) groups excluding carboxylic acids is 1. The summed E-state index contributed by atoms with van der Waals surface area (Å²) in [5, 5.41) is 3.97. The Morgan fingerprint density at radius 2 is 2.35 bits per heavy atom. The van der Waals surface area contributed by atoms with Gasteiger partial charge in [0.1, 0.15) is 24.9 Å². The van der Waals surface area contributed by atoms with Crippen LogP contribution in [-0.4, -0.2) is 34.3 Å². The maximum atomic E-state index is 12.4. The van der Waals surface area contributed by atoms with Crippen LogP contribution in [0.25, 0.3) is 0 Å². The molecule has 0 saturated heterocycles.